The van der Waals surface area contributed by atoms with Gasteiger partial charge in [-0.15, -0.1) is 5.10 Å². The molecule has 0 amide bonds. The first-order valence-corrected chi connectivity index (χ1v) is 7.01. The number of rotatable bonds is 2. The molecule has 0 fully saturated rings. The van der Waals surface area contributed by atoms with Gasteiger partial charge in [0, 0.05) is 10.9 Å². The number of nitrogens with zero attached hydrogens (tertiary/aromatic N) is 4. The molecule has 4 aromatic rings. The van der Waals surface area contributed by atoms with Gasteiger partial charge in [0.2, 0.25) is 0 Å². The van der Waals surface area contributed by atoms with Crippen LogP contribution in [0.2, 0.25) is 0 Å². The standard InChI is InChI=1S/C17H14N4O/c1-11-4-3-5-14-15(11)18-10-21-17(14)19-16(20-21)12-6-8-13(22-2)9-7-12/h3-10H,1-2H3. The van der Waals surface area contributed by atoms with Gasteiger partial charge in [-0.2, -0.15) is 0 Å². The Morgan fingerprint density at radius 1 is 1.05 bits per heavy atom. The number of fused-ring (bicyclic) bond motifs is 3. The highest BCUT2D eigenvalue weighted by Gasteiger charge is 2.10. The summed E-state index contributed by atoms with van der Waals surface area (Å²) >= 11 is 0. The molecule has 0 aliphatic carbocycles. The van der Waals surface area contributed by atoms with Gasteiger partial charge in [-0.3, -0.25) is 0 Å². The van der Waals surface area contributed by atoms with E-state index >= 15 is 0 Å². The fourth-order valence-corrected chi connectivity index (χ4v) is 2.57. The number of benzene rings is 2. The van der Waals surface area contributed by atoms with Crippen molar-refractivity contribution in [2.75, 3.05) is 7.11 Å². The Morgan fingerprint density at radius 2 is 1.86 bits per heavy atom. The van der Waals surface area contributed by atoms with Crippen molar-refractivity contribution in [3.63, 3.8) is 0 Å². The molecule has 2 aromatic carbocycles. The molecule has 5 nitrogen and oxygen atoms in total. The van der Waals surface area contributed by atoms with Crippen LogP contribution in [0.4, 0.5) is 0 Å². The van der Waals surface area contributed by atoms with Crippen molar-refractivity contribution < 1.29 is 4.74 Å². The molecular formula is C17H14N4O. The minimum atomic E-state index is 0.679. The SMILES string of the molecule is COc1ccc(-c2nc3c4cccc(C)c4ncn3n2)cc1. The summed E-state index contributed by atoms with van der Waals surface area (Å²) in [5.74, 6) is 1.49. The lowest BCUT2D eigenvalue weighted by atomic mass is 10.1. The molecule has 0 N–H and O–H groups in total. The van der Waals surface area contributed by atoms with Crippen LogP contribution in [0, 0.1) is 6.92 Å². The van der Waals surface area contributed by atoms with Gasteiger partial charge in [0.1, 0.15) is 12.1 Å². The van der Waals surface area contributed by atoms with E-state index in [1.807, 2.05) is 49.4 Å². The molecule has 0 aliphatic rings. The minimum absolute atomic E-state index is 0.679. The molecule has 0 radical (unpaired) electrons. The number of hydrogen-bond donors (Lipinski definition) is 0. The lowest BCUT2D eigenvalue weighted by Crippen LogP contribution is -1.92. The molecule has 0 saturated carbocycles. The van der Waals surface area contributed by atoms with Crippen LogP contribution in [0.3, 0.4) is 0 Å². The summed E-state index contributed by atoms with van der Waals surface area (Å²) in [7, 11) is 1.65. The summed E-state index contributed by atoms with van der Waals surface area (Å²) < 4.78 is 6.90. The molecule has 0 saturated heterocycles. The van der Waals surface area contributed by atoms with E-state index in [2.05, 4.69) is 15.1 Å². The molecule has 5 heteroatoms. The van der Waals surface area contributed by atoms with Gasteiger partial charge >= 0.3 is 0 Å². The molecule has 2 heterocycles. The Hall–Kier alpha value is -2.95. The highest BCUT2D eigenvalue weighted by Crippen LogP contribution is 2.23. The molecule has 0 bridgehead atoms. The van der Waals surface area contributed by atoms with Gasteiger partial charge in [-0.05, 0) is 42.8 Å². The van der Waals surface area contributed by atoms with Crippen molar-refractivity contribution in [1.82, 2.24) is 19.6 Å². The van der Waals surface area contributed by atoms with Crippen molar-refractivity contribution in [2.45, 2.75) is 6.92 Å². The minimum Gasteiger partial charge on any atom is -0.497 e. The number of para-hydroxylation sites is 1. The third kappa shape index (κ3) is 1.90. The Kier molecular flexibility index (Phi) is 2.79. The first-order chi connectivity index (χ1) is 10.8. The van der Waals surface area contributed by atoms with Crippen LogP contribution in [-0.2, 0) is 0 Å². The van der Waals surface area contributed by atoms with Crippen molar-refractivity contribution in [3.8, 4) is 17.1 Å². The summed E-state index contributed by atoms with van der Waals surface area (Å²) in [6, 6.07) is 13.8. The maximum Gasteiger partial charge on any atom is 0.182 e. The molecule has 22 heavy (non-hydrogen) atoms. The van der Waals surface area contributed by atoms with E-state index in [1.54, 1.807) is 18.0 Å². The van der Waals surface area contributed by atoms with E-state index in [0.717, 1.165) is 33.4 Å². The Bertz CT molecular complexity index is 973. The first-order valence-electron chi connectivity index (χ1n) is 7.01. The van der Waals surface area contributed by atoms with E-state index in [4.69, 9.17) is 4.74 Å². The predicted molar refractivity (Wildman–Crippen MR) is 85.0 cm³/mol. The highest BCUT2D eigenvalue weighted by molar-refractivity contribution is 5.93. The second-order valence-electron chi connectivity index (χ2n) is 5.15. The van der Waals surface area contributed by atoms with Gasteiger partial charge in [-0.25, -0.2) is 14.5 Å². The second kappa shape index (κ2) is 4.80. The predicted octanol–water partition coefficient (Wildman–Crippen LogP) is 3.26. The van der Waals surface area contributed by atoms with Crippen LogP contribution in [-0.4, -0.2) is 26.7 Å². The largest absolute Gasteiger partial charge is 0.497 e. The normalized spacial score (nSPS) is 11.2. The maximum absolute atomic E-state index is 5.18. The number of ether oxygens (including phenoxy) is 1. The second-order valence-corrected chi connectivity index (χ2v) is 5.15. The van der Waals surface area contributed by atoms with Crippen molar-refractivity contribution in [3.05, 3.63) is 54.4 Å². The number of aromatic nitrogens is 4. The lowest BCUT2D eigenvalue weighted by molar-refractivity contribution is 0.415. The van der Waals surface area contributed by atoms with Crippen molar-refractivity contribution in [1.29, 1.82) is 0 Å². The zero-order chi connectivity index (χ0) is 15.1. The monoisotopic (exact) mass is 290 g/mol. The molecule has 108 valence electrons. The number of methoxy groups -OCH3 is 1. The van der Waals surface area contributed by atoms with Crippen LogP contribution in [0.1, 0.15) is 5.56 Å². The molecule has 0 spiro atoms. The van der Waals surface area contributed by atoms with Crippen molar-refractivity contribution >= 4 is 16.6 Å². The van der Waals surface area contributed by atoms with E-state index < -0.39 is 0 Å². The lowest BCUT2D eigenvalue weighted by Gasteiger charge is -2.00. The first kappa shape index (κ1) is 12.8. The van der Waals surface area contributed by atoms with Gasteiger partial charge < -0.3 is 4.74 Å². The van der Waals surface area contributed by atoms with Crippen LogP contribution in [0.5, 0.6) is 5.75 Å². The van der Waals surface area contributed by atoms with Gasteiger partial charge in [0.25, 0.3) is 0 Å². The Balaban J connectivity index is 1.93. The average Bonchev–Trinajstić information content (AvgIpc) is 3.00. The molecular weight excluding hydrogens is 276 g/mol. The van der Waals surface area contributed by atoms with Crippen LogP contribution >= 0.6 is 0 Å². The van der Waals surface area contributed by atoms with Gasteiger partial charge in [0.15, 0.2) is 11.5 Å². The average molecular weight is 290 g/mol. The van der Waals surface area contributed by atoms with Crippen LogP contribution in [0.15, 0.2) is 48.8 Å². The quantitative estimate of drug-likeness (QED) is 0.568. The number of hydrogen-bond acceptors (Lipinski definition) is 4. The summed E-state index contributed by atoms with van der Waals surface area (Å²) in [4.78, 5) is 9.16. The van der Waals surface area contributed by atoms with Gasteiger partial charge in [0.05, 0.1) is 12.6 Å². The van der Waals surface area contributed by atoms with Crippen LogP contribution in [0.25, 0.3) is 27.9 Å². The fraction of sp³-hybridized carbons (Fsp3) is 0.118. The summed E-state index contributed by atoms with van der Waals surface area (Å²) in [5, 5.41) is 5.53. The molecule has 2 aromatic heterocycles. The fourth-order valence-electron chi connectivity index (χ4n) is 2.57. The zero-order valence-corrected chi connectivity index (χ0v) is 12.3. The summed E-state index contributed by atoms with van der Waals surface area (Å²) in [6.45, 7) is 2.05. The Labute approximate surface area is 127 Å². The van der Waals surface area contributed by atoms with Gasteiger partial charge in [-0.1, -0.05) is 12.1 Å². The van der Waals surface area contributed by atoms with Crippen LogP contribution < -0.4 is 4.74 Å². The molecule has 4 rings (SSSR count). The van der Waals surface area contributed by atoms with E-state index in [9.17, 15) is 0 Å². The molecule has 0 unspecified atom stereocenters. The van der Waals surface area contributed by atoms with E-state index in [-0.39, 0.29) is 0 Å². The van der Waals surface area contributed by atoms with E-state index in [1.165, 1.54) is 0 Å². The zero-order valence-electron chi connectivity index (χ0n) is 12.3. The summed E-state index contributed by atoms with van der Waals surface area (Å²) in [6.07, 6.45) is 1.71. The Morgan fingerprint density at radius 3 is 2.64 bits per heavy atom. The highest BCUT2D eigenvalue weighted by atomic mass is 16.5. The summed E-state index contributed by atoms with van der Waals surface area (Å²) in [5.41, 5.74) is 3.86. The number of aryl methyl sites for hydroxylation is 1. The topological polar surface area (TPSA) is 52.3 Å². The maximum atomic E-state index is 5.18. The van der Waals surface area contributed by atoms with E-state index in [0.29, 0.717) is 5.82 Å². The third-order valence-electron chi connectivity index (χ3n) is 3.75. The van der Waals surface area contributed by atoms with Crippen molar-refractivity contribution in [2.24, 2.45) is 0 Å². The third-order valence-corrected chi connectivity index (χ3v) is 3.75. The smallest absolute Gasteiger partial charge is 0.182 e. The molecule has 0 aliphatic heterocycles. The molecule has 0 atom stereocenters.